The Morgan fingerprint density at radius 1 is 1.47 bits per heavy atom. The maximum Gasteiger partial charge on any atom is 0.309 e. The van der Waals surface area contributed by atoms with Gasteiger partial charge in [0.25, 0.3) is 0 Å². The van der Waals surface area contributed by atoms with Crippen molar-refractivity contribution in [2.75, 3.05) is 18.0 Å². The van der Waals surface area contributed by atoms with E-state index in [-0.39, 0.29) is 0 Å². The fourth-order valence-corrected chi connectivity index (χ4v) is 3.10. The molecule has 0 saturated heterocycles. The fraction of sp³-hybridized carbons (Fsp3) is 0.562. The standard InChI is InChI=1S/C16H23NO2/c1-5-17-10-12(9-16(3,4)15(18)19)14-11(2)7-6-8-13(14)17/h6-8,12H,5,9-10H2,1-4H3,(H,18,19). The lowest BCUT2D eigenvalue weighted by Gasteiger charge is -2.24. The van der Waals surface area contributed by atoms with Gasteiger partial charge in [0, 0.05) is 24.7 Å². The highest BCUT2D eigenvalue weighted by molar-refractivity contribution is 5.74. The van der Waals surface area contributed by atoms with Gasteiger partial charge in [-0.1, -0.05) is 12.1 Å². The van der Waals surface area contributed by atoms with Gasteiger partial charge in [0.15, 0.2) is 0 Å². The van der Waals surface area contributed by atoms with Crippen LogP contribution in [-0.2, 0) is 4.79 Å². The molecular formula is C16H23NO2. The largest absolute Gasteiger partial charge is 0.481 e. The van der Waals surface area contributed by atoms with Gasteiger partial charge in [-0.3, -0.25) is 4.79 Å². The smallest absolute Gasteiger partial charge is 0.309 e. The van der Waals surface area contributed by atoms with Crippen LogP contribution in [0.5, 0.6) is 0 Å². The SMILES string of the molecule is CCN1CC(CC(C)(C)C(=O)O)c2c(C)cccc21. The topological polar surface area (TPSA) is 40.5 Å². The summed E-state index contributed by atoms with van der Waals surface area (Å²) in [6.07, 6.45) is 0.691. The second kappa shape index (κ2) is 4.87. The van der Waals surface area contributed by atoms with E-state index >= 15 is 0 Å². The van der Waals surface area contributed by atoms with Crippen molar-refractivity contribution >= 4 is 11.7 Å². The van der Waals surface area contributed by atoms with Crippen LogP contribution in [0.1, 0.15) is 44.2 Å². The number of hydrogen-bond acceptors (Lipinski definition) is 2. The maximum absolute atomic E-state index is 11.3. The molecule has 0 aliphatic carbocycles. The van der Waals surface area contributed by atoms with Crippen molar-refractivity contribution in [2.45, 2.75) is 40.0 Å². The molecule has 1 aliphatic rings. The number of hydrogen-bond donors (Lipinski definition) is 1. The van der Waals surface area contributed by atoms with E-state index in [1.54, 1.807) is 0 Å². The summed E-state index contributed by atoms with van der Waals surface area (Å²) in [5, 5.41) is 9.33. The molecule has 0 radical (unpaired) electrons. The summed E-state index contributed by atoms with van der Waals surface area (Å²) in [6.45, 7) is 9.83. The van der Waals surface area contributed by atoms with Crippen molar-refractivity contribution in [3.05, 3.63) is 29.3 Å². The molecule has 0 fully saturated rings. The monoisotopic (exact) mass is 261 g/mol. The van der Waals surface area contributed by atoms with E-state index in [2.05, 4.69) is 36.9 Å². The molecule has 1 N–H and O–H groups in total. The maximum atomic E-state index is 11.3. The number of carboxylic acids is 1. The Morgan fingerprint density at radius 2 is 2.16 bits per heavy atom. The number of fused-ring (bicyclic) bond motifs is 1. The molecule has 3 nitrogen and oxygen atoms in total. The number of aryl methyl sites for hydroxylation is 1. The highest BCUT2D eigenvalue weighted by Crippen LogP contribution is 2.43. The third kappa shape index (κ3) is 2.46. The van der Waals surface area contributed by atoms with E-state index in [0.29, 0.717) is 12.3 Å². The molecule has 1 aromatic rings. The number of anilines is 1. The highest BCUT2D eigenvalue weighted by atomic mass is 16.4. The zero-order chi connectivity index (χ0) is 14.2. The molecule has 19 heavy (non-hydrogen) atoms. The lowest BCUT2D eigenvalue weighted by molar-refractivity contribution is -0.147. The number of carboxylic acid groups (broad SMARTS) is 1. The third-order valence-corrected chi connectivity index (χ3v) is 4.21. The van der Waals surface area contributed by atoms with E-state index in [0.717, 1.165) is 13.1 Å². The first-order chi connectivity index (χ1) is 8.86. The number of aliphatic carboxylic acids is 1. The molecule has 1 heterocycles. The Kier molecular flexibility index (Phi) is 3.57. The average molecular weight is 261 g/mol. The molecule has 0 amide bonds. The van der Waals surface area contributed by atoms with Crippen LogP contribution >= 0.6 is 0 Å². The number of likely N-dealkylation sites (N-methyl/N-ethyl adjacent to an activating group) is 1. The van der Waals surface area contributed by atoms with Gasteiger partial charge in [0.05, 0.1) is 5.41 Å². The van der Waals surface area contributed by atoms with E-state index in [9.17, 15) is 9.90 Å². The van der Waals surface area contributed by atoms with Crippen molar-refractivity contribution in [2.24, 2.45) is 5.41 Å². The van der Waals surface area contributed by atoms with Crippen molar-refractivity contribution < 1.29 is 9.90 Å². The minimum absolute atomic E-state index is 0.322. The summed E-state index contributed by atoms with van der Waals surface area (Å²) < 4.78 is 0. The van der Waals surface area contributed by atoms with Crippen LogP contribution in [0.25, 0.3) is 0 Å². The van der Waals surface area contributed by atoms with Gasteiger partial charge in [-0.05, 0) is 51.3 Å². The predicted octanol–water partition coefficient (Wildman–Crippen LogP) is 3.42. The van der Waals surface area contributed by atoms with Gasteiger partial charge in [-0.25, -0.2) is 0 Å². The van der Waals surface area contributed by atoms with Gasteiger partial charge in [-0.15, -0.1) is 0 Å². The Hall–Kier alpha value is -1.51. The Balaban J connectivity index is 2.34. The van der Waals surface area contributed by atoms with Gasteiger partial charge < -0.3 is 10.0 Å². The number of carbonyl (C=O) groups is 1. The van der Waals surface area contributed by atoms with Crippen molar-refractivity contribution in [1.82, 2.24) is 0 Å². The van der Waals surface area contributed by atoms with Crippen LogP contribution in [-0.4, -0.2) is 24.2 Å². The van der Waals surface area contributed by atoms with Crippen molar-refractivity contribution in [3.63, 3.8) is 0 Å². The first-order valence-electron chi connectivity index (χ1n) is 6.94. The fourth-order valence-electron chi connectivity index (χ4n) is 3.10. The molecule has 104 valence electrons. The number of benzene rings is 1. The summed E-state index contributed by atoms with van der Waals surface area (Å²) in [4.78, 5) is 13.7. The Labute approximate surface area is 115 Å². The molecule has 3 heteroatoms. The van der Waals surface area contributed by atoms with Crippen LogP contribution in [0, 0.1) is 12.3 Å². The lowest BCUT2D eigenvalue weighted by Crippen LogP contribution is -2.28. The average Bonchev–Trinajstić information content (AvgIpc) is 2.68. The molecule has 0 bridgehead atoms. The first kappa shape index (κ1) is 13.9. The minimum atomic E-state index is -0.711. The van der Waals surface area contributed by atoms with Gasteiger partial charge in [-0.2, -0.15) is 0 Å². The van der Waals surface area contributed by atoms with Gasteiger partial charge in [0.1, 0.15) is 0 Å². The van der Waals surface area contributed by atoms with E-state index in [4.69, 9.17) is 0 Å². The summed E-state index contributed by atoms with van der Waals surface area (Å²) >= 11 is 0. The summed E-state index contributed by atoms with van der Waals surface area (Å²) in [6, 6.07) is 6.36. The summed E-state index contributed by atoms with van der Waals surface area (Å²) in [5.41, 5.74) is 3.24. The molecular weight excluding hydrogens is 238 g/mol. The van der Waals surface area contributed by atoms with Crippen LogP contribution in [0.3, 0.4) is 0 Å². The number of rotatable bonds is 4. The van der Waals surface area contributed by atoms with E-state index in [1.807, 2.05) is 13.8 Å². The van der Waals surface area contributed by atoms with Gasteiger partial charge >= 0.3 is 5.97 Å². The Bertz CT molecular complexity index is 494. The second-order valence-corrected chi connectivity index (χ2v) is 6.14. The van der Waals surface area contributed by atoms with Crippen LogP contribution in [0.4, 0.5) is 5.69 Å². The summed E-state index contributed by atoms with van der Waals surface area (Å²) in [5.74, 6) is -0.389. The molecule has 1 aromatic carbocycles. The third-order valence-electron chi connectivity index (χ3n) is 4.21. The van der Waals surface area contributed by atoms with Crippen molar-refractivity contribution in [1.29, 1.82) is 0 Å². The molecule has 1 unspecified atom stereocenters. The molecule has 0 aromatic heterocycles. The molecule has 0 saturated carbocycles. The molecule has 0 spiro atoms. The van der Waals surface area contributed by atoms with E-state index < -0.39 is 11.4 Å². The van der Waals surface area contributed by atoms with Gasteiger partial charge in [0.2, 0.25) is 0 Å². The quantitative estimate of drug-likeness (QED) is 0.902. The normalized spacial score (nSPS) is 18.5. The first-order valence-corrected chi connectivity index (χ1v) is 6.94. The highest BCUT2D eigenvalue weighted by Gasteiger charge is 2.36. The zero-order valence-corrected chi connectivity index (χ0v) is 12.2. The summed E-state index contributed by atoms with van der Waals surface area (Å²) in [7, 11) is 0. The van der Waals surface area contributed by atoms with Crippen LogP contribution < -0.4 is 4.90 Å². The van der Waals surface area contributed by atoms with Crippen LogP contribution in [0.15, 0.2) is 18.2 Å². The molecule has 1 atom stereocenters. The molecule has 2 rings (SSSR count). The van der Waals surface area contributed by atoms with E-state index in [1.165, 1.54) is 16.8 Å². The second-order valence-electron chi connectivity index (χ2n) is 6.14. The predicted molar refractivity (Wildman–Crippen MR) is 77.8 cm³/mol. The van der Waals surface area contributed by atoms with Crippen LogP contribution in [0.2, 0.25) is 0 Å². The van der Waals surface area contributed by atoms with Crippen molar-refractivity contribution in [3.8, 4) is 0 Å². The zero-order valence-electron chi connectivity index (χ0n) is 12.2. The molecule has 1 aliphatic heterocycles. The Morgan fingerprint density at radius 3 is 2.74 bits per heavy atom. The number of nitrogens with zero attached hydrogens (tertiary/aromatic N) is 1. The minimum Gasteiger partial charge on any atom is -0.481 e. The lowest BCUT2D eigenvalue weighted by atomic mass is 9.80.